The summed E-state index contributed by atoms with van der Waals surface area (Å²) >= 11 is 0. The molecule has 0 aliphatic heterocycles. The third-order valence-corrected chi connectivity index (χ3v) is 6.29. The number of hydrogen-bond donors (Lipinski definition) is 2. The van der Waals surface area contributed by atoms with Gasteiger partial charge in [-0.05, 0) is 45.7 Å². The molecule has 0 unspecified atom stereocenters. The van der Waals surface area contributed by atoms with Gasteiger partial charge in [-0.3, -0.25) is 9.78 Å². The van der Waals surface area contributed by atoms with E-state index in [4.69, 9.17) is 10.5 Å². The molecule has 1 aromatic carbocycles. The van der Waals surface area contributed by atoms with Gasteiger partial charge < -0.3 is 20.5 Å². The average molecular weight is 496 g/mol. The standard InChI is InChI=1S/C25H30FN7O3/c1-14(32(4)23(34)18-10-9-15(13-28-18)25(2,3)35)7-6-8-20-29-22-17-11-16(26)12-19(36-5)21(17)30-24(27)33(22)31-20/h9-14,35H,6-8H2,1-5H3,(H2,27,30)/t14-/m0/s1. The number of ether oxygens (including phenoxy) is 1. The van der Waals surface area contributed by atoms with E-state index in [9.17, 15) is 14.3 Å². The van der Waals surface area contributed by atoms with Gasteiger partial charge in [-0.1, -0.05) is 6.07 Å². The summed E-state index contributed by atoms with van der Waals surface area (Å²) in [6.07, 6.45) is 3.48. The number of rotatable bonds is 8. The molecule has 10 nitrogen and oxygen atoms in total. The highest BCUT2D eigenvalue weighted by Gasteiger charge is 2.22. The van der Waals surface area contributed by atoms with Crippen LogP contribution in [0.2, 0.25) is 0 Å². The van der Waals surface area contributed by atoms with Crippen LogP contribution in [0.1, 0.15) is 55.5 Å². The van der Waals surface area contributed by atoms with Crippen LogP contribution in [0, 0.1) is 5.82 Å². The first-order valence-corrected chi connectivity index (χ1v) is 11.6. The van der Waals surface area contributed by atoms with E-state index in [2.05, 4.69) is 20.1 Å². The van der Waals surface area contributed by atoms with Crippen LogP contribution in [0.4, 0.5) is 10.3 Å². The number of nitrogens with two attached hydrogens (primary N) is 1. The molecule has 0 aliphatic rings. The first-order chi connectivity index (χ1) is 17.0. The van der Waals surface area contributed by atoms with Crippen molar-refractivity contribution in [3.8, 4) is 5.75 Å². The molecule has 3 aromatic heterocycles. The zero-order valence-electron chi connectivity index (χ0n) is 21.0. The number of fused-ring (bicyclic) bond motifs is 3. The molecule has 0 saturated carbocycles. The molecule has 1 amide bonds. The van der Waals surface area contributed by atoms with E-state index in [1.165, 1.54) is 30.0 Å². The van der Waals surface area contributed by atoms with Crippen LogP contribution in [0.15, 0.2) is 30.5 Å². The molecule has 0 fully saturated rings. The van der Waals surface area contributed by atoms with Gasteiger partial charge in [0.2, 0.25) is 5.95 Å². The maximum Gasteiger partial charge on any atom is 0.272 e. The Hall–Kier alpha value is -3.86. The summed E-state index contributed by atoms with van der Waals surface area (Å²) in [4.78, 5) is 27.6. The Morgan fingerprint density at radius 3 is 2.69 bits per heavy atom. The van der Waals surface area contributed by atoms with Gasteiger partial charge in [-0.15, -0.1) is 5.10 Å². The fraction of sp³-hybridized carbons (Fsp3) is 0.400. The number of anilines is 1. The molecule has 0 radical (unpaired) electrons. The molecule has 3 heterocycles. The summed E-state index contributed by atoms with van der Waals surface area (Å²) < 4.78 is 20.7. The summed E-state index contributed by atoms with van der Waals surface area (Å²) in [5.74, 6) is 0.279. The number of aliphatic hydroxyl groups is 1. The number of methoxy groups -OCH3 is 1. The van der Waals surface area contributed by atoms with Crippen LogP contribution in [-0.2, 0) is 12.0 Å². The third kappa shape index (κ3) is 4.92. The van der Waals surface area contributed by atoms with Crippen LogP contribution < -0.4 is 10.5 Å². The number of halogens is 1. The van der Waals surface area contributed by atoms with Crippen LogP contribution in [-0.4, -0.2) is 60.7 Å². The summed E-state index contributed by atoms with van der Waals surface area (Å²) in [5, 5.41) is 15.0. The van der Waals surface area contributed by atoms with Crippen molar-refractivity contribution in [1.82, 2.24) is 29.5 Å². The van der Waals surface area contributed by atoms with E-state index in [1.807, 2.05) is 6.92 Å². The van der Waals surface area contributed by atoms with E-state index < -0.39 is 11.4 Å². The average Bonchev–Trinajstić information content (AvgIpc) is 3.28. The van der Waals surface area contributed by atoms with Crippen LogP contribution >= 0.6 is 0 Å². The number of nitrogens with zero attached hydrogens (tertiary/aromatic N) is 6. The summed E-state index contributed by atoms with van der Waals surface area (Å²) in [5.41, 5.74) is 6.83. The molecule has 36 heavy (non-hydrogen) atoms. The second-order valence-electron chi connectivity index (χ2n) is 9.39. The fourth-order valence-corrected chi connectivity index (χ4v) is 3.98. The van der Waals surface area contributed by atoms with Crippen LogP contribution in [0.5, 0.6) is 5.75 Å². The summed E-state index contributed by atoms with van der Waals surface area (Å²) in [7, 11) is 3.18. The van der Waals surface area contributed by atoms with Gasteiger partial charge in [-0.25, -0.2) is 14.4 Å². The monoisotopic (exact) mass is 495 g/mol. The summed E-state index contributed by atoms with van der Waals surface area (Å²) in [6, 6.07) is 5.86. The van der Waals surface area contributed by atoms with E-state index in [1.54, 1.807) is 37.9 Å². The van der Waals surface area contributed by atoms with Gasteiger partial charge in [0.05, 0.1) is 18.1 Å². The maximum absolute atomic E-state index is 14.1. The van der Waals surface area contributed by atoms with Crippen molar-refractivity contribution in [2.24, 2.45) is 0 Å². The summed E-state index contributed by atoms with van der Waals surface area (Å²) in [6.45, 7) is 5.30. The lowest BCUT2D eigenvalue weighted by Gasteiger charge is -2.25. The molecule has 4 rings (SSSR count). The normalized spacial score (nSPS) is 12.8. The van der Waals surface area contributed by atoms with Gasteiger partial charge in [0.25, 0.3) is 5.91 Å². The number of aromatic nitrogens is 5. The number of hydrogen-bond acceptors (Lipinski definition) is 8. The molecule has 190 valence electrons. The van der Waals surface area contributed by atoms with E-state index in [0.29, 0.717) is 52.9 Å². The minimum absolute atomic E-state index is 0.0591. The Morgan fingerprint density at radius 2 is 2.06 bits per heavy atom. The first-order valence-electron chi connectivity index (χ1n) is 11.6. The molecule has 0 saturated heterocycles. The zero-order valence-corrected chi connectivity index (χ0v) is 21.0. The molecule has 3 N–H and O–H groups in total. The minimum Gasteiger partial charge on any atom is -0.494 e. The SMILES string of the molecule is COc1cc(F)cc2c1nc(N)n1nc(CCC[C@H](C)N(C)C(=O)c3ccc(C(C)(C)O)cn3)nc21. The Labute approximate surface area is 207 Å². The Balaban J connectivity index is 1.44. The molecule has 1 atom stereocenters. The van der Waals surface area contributed by atoms with Gasteiger partial charge in [0, 0.05) is 37.3 Å². The second kappa shape index (κ2) is 9.65. The number of nitrogen functional groups attached to an aromatic ring is 1. The maximum atomic E-state index is 14.1. The second-order valence-corrected chi connectivity index (χ2v) is 9.39. The highest BCUT2D eigenvalue weighted by Crippen LogP contribution is 2.29. The van der Waals surface area contributed by atoms with Crippen molar-refractivity contribution in [3.05, 3.63) is 53.4 Å². The Morgan fingerprint density at radius 1 is 1.31 bits per heavy atom. The van der Waals surface area contributed by atoms with Gasteiger partial charge >= 0.3 is 0 Å². The predicted octanol–water partition coefficient (Wildman–Crippen LogP) is 3.11. The van der Waals surface area contributed by atoms with Crippen molar-refractivity contribution in [3.63, 3.8) is 0 Å². The quantitative estimate of drug-likeness (QED) is 0.381. The number of benzene rings is 1. The number of carbonyl (C=O) groups excluding carboxylic acids is 1. The van der Waals surface area contributed by atoms with Crippen LogP contribution in [0.25, 0.3) is 16.6 Å². The predicted molar refractivity (Wildman–Crippen MR) is 133 cm³/mol. The smallest absolute Gasteiger partial charge is 0.272 e. The lowest BCUT2D eigenvalue weighted by molar-refractivity contribution is 0.0720. The lowest BCUT2D eigenvalue weighted by Crippen LogP contribution is -2.35. The Bertz CT molecular complexity index is 1410. The van der Waals surface area contributed by atoms with Crippen molar-refractivity contribution in [1.29, 1.82) is 0 Å². The molecule has 0 aliphatic carbocycles. The highest BCUT2D eigenvalue weighted by atomic mass is 19.1. The largest absolute Gasteiger partial charge is 0.494 e. The van der Waals surface area contributed by atoms with Gasteiger partial charge in [-0.2, -0.15) is 4.52 Å². The van der Waals surface area contributed by atoms with Crippen molar-refractivity contribution in [2.75, 3.05) is 19.9 Å². The first kappa shape index (κ1) is 25.2. The molecule has 0 spiro atoms. The molecule has 0 bridgehead atoms. The van der Waals surface area contributed by atoms with E-state index >= 15 is 0 Å². The third-order valence-electron chi connectivity index (χ3n) is 6.29. The van der Waals surface area contributed by atoms with Crippen molar-refractivity contribution >= 4 is 28.4 Å². The lowest BCUT2D eigenvalue weighted by atomic mass is 10.0. The minimum atomic E-state index is -1.02. The topological polar surface area (TPSA) is 132 Å². The van der Waals surface area contributed by atoms with Crippen molar-refractivity contribution < 1.29 is 19.0 Å². The fourth-order valence-electron chi connectivity index (χ4n) is 3.98. The van der Waals surface area contributed by atoms with E-state index in [-0.39, 0.29) is 23.6 Å². The zero-order chi connectivity index (χ0) is 26.2. The molecule has 11 heteroatoms. The number of amides is 1. The van der Waals surface area contributed by atoms with Gasteiger partial charge in [0.1, 0.15) is 22.8 Å². The van der Waals surface area contributed by atoms with Crippen LogP contribution in [0.3, 0.4) is 0 Å². The molecular weight excluding hydrogens is 465 g/mol. The van der Waals surface area contributed by atoms with E-state index in [0.717, 1.165) is 0 Å². The van der Waals surface area contributed by atoms with Crippen molar-refractivity contribution in [2.45, 2.75) is 51.7 Å². The molecular formula is C25H30FN7O3. The number of pyridine rings is 1. The van der Waals surface area contributed by atoms with Gasteiger partial charge in [0.15, 0.2) is 11.5 Å². The number of carbonyl (C=O) groups is 1. The number of aryl methyl sites for hydroxylation is 1. The molecule has 4 aromatic rings. The highest BCUT2D eigenvalue weighted by molar-refractivity contribution is 5.96. The Kier molecular flexibility index (Phi) is 6.77.